The maximum absolute atomic E-state index is 13.4. The molecule has 8 heteroatoms. The largest absolute Gasteiger partial charge is 0.494 e. The quantitative estimate of drug-likeness (QED) is 0.522. The SMILES string of the molecule is COc1c(C)c(Cc2ccc(-n3cccn3)nc2)cc2c(=O)n(C3CCCC3O)cnc12. The summed E-state index contributed by atoms with van der Waals surface area (Å²) in [6, 6.07) is 7.46. The second-order valence-corrected chi connectivity index (χ2v) is 8.26. The van der Waals surface area contributed by atoms with Crippen LogP contribution in [0.25, 0.3) is 16.7 Å². The molecule has 3 heterocycles. The smallest absolute Gasteiger partial charge is 0.261 e. The average molecular weight is 431 g/mol. The van der Waals surface area contributed by atoms with E-state index in [1.807, 2.05) is 43.6 Å². The second kappa shape index (κ2) is 8.20. The lowest BCUT2D eigenvalue weighted by atomic mass is 9.98. The van der Waals surface area contributed by atoms with Gasteiger partial charge in [0, 0.05) is 18.6 Å². The number of rotatable bonds is 5. The number of pyridine rings is 1. The summed E-state index contributed by atoms with van der Waals surface area (Å²) in [6.45, 7) is 1.98. The first-order valence-electron chi connectivity index (χ1n) is 10.8. The van der Waals surface area contributed by atoms with Crippen LogP contribution in [0.4, 0.5) is 0 Å². The fourth-order valence-corrected chi connectivity index (χ4v) is 4.60. The van der Waals surface area contributed by atoms with Crippen LogP contribution in [0.1, 0.15) is 42.0 Å². The summed E-state index contributed by atoms with van der Waals surface area (Å²) in [5, 5.41) is 15.0. The Hall–Kier alpha value is -3.52. The molecule has 0 aliphatic heterocycles. The lowest BCUT2D eigenvalue weighted by Crippen LogP contribution is -2.29. The summed E-state index contributed by atoms with van der Waals surface area (Å²) in [5.41, 5.74) is 3.34. The van der Waals surface area contributed by atoms with Crippen molar-refractivity contribution < 1.29 is 9.84 Å². The molecule has 5 rings (SSSR count). The molecule has 1 N–H and O–H groups in total. The van der Waals surface area contributed by atoms with Crippen molar-refractivity contribution >= 4 is 10.9 Å². The number of fused-ring (bicyclic) bond motifs is 1. The van der Waals surface area contributed by atoms with E-state index in [4.69, 9.17) is 4.74 Å². The van der Waals surface area contributed by atoms with Crippen LogP contribution >= 0.6 is 0 Å². The molecule has 0 amide bonds. The third-order valence-electron chi connectivity index (χ3n) is 6.34. The van der Waals surface area contributed by atoms with Gasteiger partial charge in [-0.25, -0.2) is 14.6 Å². The summed E-state index contributed by atoms with van der Waals surface area (Å²) in [5.74, 6) is 1.35. The summed E-state index contributed by atoms with van der Waals surface area (Å²) in [4.78, 5) is 22.4. The average Bonchev–Trinajstić information content (AvgIpc) is 3.48. The van der Waals surface area contributed by atoms with Gasteiger partial charge in [0.15, 0.2) is 5.82 Å². The van der Waals surface area contributed by atoms with Gasteiger partial charge < -0.3 is 9.84 Å². The Balaban J connectivity index is 1.56. The number of benzene rings is 1. The zero-order valence-electron chi connectivity index (χ0n) is 18.1. The molecule has 3 aromatic heterocycles. The van der Waals surface area contributed by atoms with Gasteiger partial charge in [-0.05, 0) is 67.5 Å². The zero-order chi connectivity index (χ0) is 22.2. The van der Waals surface area contributed by atoms with Crippen LogP contribution < -0.4 is 10.3 Å². The van der Waals surface area contributed by atoms with Crippen LogP contribution in [0.3, 0.4) is 0 Å². The monoisotopic (exact) mass is 431 g/mol. The highest BCUT2D eigenvalue weighted by molar-refractivity contribution is 5.86. The zero-order valence-corrected chi connectivity index (χ0v) is 18.1. The number of hydrogen-bond donors (Lipinski definition) is 1. The molecule has 1 saturated carbocycles. The Morgan fingerprint density at radius 3 is 2.78 bits per heavy atom. The van der Waals surface area contributed by atoms with E-state index in [9.17, 15) is 9.90 Å². The third kappa shape index (κ3) is 3.46. The van der Waals surface area contributed by atoms with Gasteiger partial charge in [0.1, 0.15) is 11.3 Å². The molecule has 1 fully saturated rings. The van der Waals surface area contributed by atoms with Crippen molar-refractivity contribution in [3.63, 3.8) is 0 Å². The maximum Gasteiger partial charge on any atom is 0.261 e. The fourth-order valence-electron chi connectivity index (χ4n) is 4.60. The normalized spacial score (nSPS) is 18.3. The number of hydrogen-bond acceptors (Lipinski definition) is 6. The molecule has 1 aliphatic carbocycles. The van der Waals surface area contributed by atoms with Gasteiger partial charge in [0.2, 0.25) is 0 Å². The van der Waals surface area contributed by atoms with E-state index in [2.05, 4.69) is 15.1 Å². The number of ether oxygens (including phenoxy) is 1. The minimum atomic E-state index is -0.516. The summed E-state index contributed by atoms with van der Waals surface area (Å²) in [7, 11) is 1.60. The Labute approximate surface area is 185 Å². The van der Waals surface area contributed by atoms with Crippen molar-refractivity contribution in [3.8, 4) is 11.6 Å². The van der Waals surface area contributed by atoms with Gasteiger partial charge >= 0.3 is 0 Å². The molecular weight excluding hydrogens is 406 g/mol. The number of aliphatic hydroxyl groups excluding tert-OH is 1. The summed E-state index contributed by atoms with van der Waals surface area (Å²) < 4.78 is 8.95. The summed E-state index contributed by atoms with van der Waals surface area (Å²) >= 11 is 0. The topological polar surface area (TPSA) is 95.1 Å². The van der Waals surface area contributed by atoms with Gasteiger partial charge in [-0.1, -0.05) is 6.07 Å². The van der Waals surface area contributed by atoms with Gasteiger partial charge in [-0.2, -0.15) is 5.10 Å². The van der Waals surface area contributed by atoms with E-state index in [1.165, 1.54) is 0 Å². The Bertz CT molecular complexity index is 1310. The lowest BCUT2D eigenvalue weighted by molar-refractivity contribution is 0.134. The molecule has 0 radical (unpaired) electrons. The Morgan fingerprint density at radius 1 is 1.25 bits per heavy atom. The van der Waals surface area contributed by atoms with Crippen LogP contribution in [-0.4, -0.2) is 42.6 Å². The van der Waals surface area contributed by atoms with Crippen molar-refractivity contribution in [2.75, 3.05) is 7.11 Å². The van der Waals surface area contributed by atoms with Crippen LogP contribution in [0.5, 0.6) is 5.75 Å². The number of aliphatic hydroxyl groups is 1. The van der Waals surface area contributed by atoms with Crippen LogP contribution in [0.15, 0.2) is 54.0 Å². The van der Waals surface area contributed by atoms with E-state index in [1.54, 1.807) is 28.9 Å². The molecule has 2 unspecified atom stereocenters. The number of nitrogens with zero attached hydrogens (tertiary/aromatic N) is 5. The van der Waals surface area contributed by atoms with Crippen LogP contribution in [-0.2, 0) is 6.42 Å². The standard InChI is InChI=1S/C24H25N5O3/c1-15-17(11-16-7-8-21(25-13-16)29-10-4-9-27-29)12-18-22(23(15)32-2)26-14-28(24(18)31)19-5-3-6-20(19)30/h4,7-10,12-14,19-20,30H,3,5-6,11H2,1-2H3. The molecule has 32 heavy (non-hydrogen) atoms. The van der Waals surface area contributed by atoms with Crippen LogP contribution in [0.2, 0.25) is 0 Å². The molecule has 0 saturated heterocycles. The van der Waals surface area contributed by atoms with E-state index in [-0.39, 0.29) is 11.6 Å². The van der Waals surface area contributed by atoms with Crippen molar-refractivity contribution in [2.45, 2.75) is 44.8 Å². The maximum atomic E-state index is 13.4. The van der Waals surface area contributed by atoms with Crippen molar-refractivity contribution in [1.82, 2.24) is 24.3 Å². The highest BCUT2D eigenvalue weighted by Gasteiger charge is 2.28. The predicted molar refractivity (Wildman–Crippen MR) is 120 cm³/mol. The molecule has 1 aliphatic rings. The van der Waals surface area contributed by atoms with E-state index in [0.717, 1.165) is 35.3 Å². The van der Waals surface area contributed by atoms with E-state index < -0.39 is 6.10 Å². The molecule has 164 valence electrons. The number of aromatic nitrogens is 5. The molecule has 2 atom stereocenters. The van der Waals surface area contributed by atoms with Crippen molar-refractivity contribution in [3.05, 3.63) is 76.2 Å². The molecule has 0 spiro atoms. The van der Waals surface area contributed by atoms with Gasteiger partial charge in [-0.15, -0.1) is 0 Å². The van der Waals surface area contributed by atoms with Crippen molar-refractivity contribution in [1.29, 1.82) is 0 Å². The fraction of sp³-hybridized carbons (Fsp3) is 0.333. The Morgan fingerprint density at radius 2 is 2.12 bits per heavy atom. The lowest BCUT2D eigenvalue weighted by Gasteiger charge is -2.19. The third-order valence-corrected chi connectivity index (χ3v) is 6.34. The van der Waals surface area contributed by atoms with E-state index >= 15 is 0 Å². The highest BCUT2D eigenvalue weighted by atomic mass is 16.5. The molecule has 1 aromatic carbocycles. The highest BCUT2D eigenvalue weighted by Crippen LogP contribution is 2.33. The second-order valence-electron chi connectivity index (χ2n) is 8.26. The van der Waals surface area contributed by atoms with E-state index in [0.29, 0.717) is 29.5 Å². The Kier molecular flexibility index (Phi) is 5.22. The predicted octanol–water partition coefficient (Wildman–Crippen LogP) is 2.97. The molecule has 8 nitrogen and oxygen atoms in total. The van der Waals surface area contributed by atoms with Gasteiger partial charge in [-0.3, -0.25) is 9.36 Å². The van der Waals surface area contributed by atoms with Gasteiger partial charge in [0.25, 0.3) is 5.56 Å². The first-order valence-corrected chi connectivity index (χ1v) is 10.8. The summed E-state index contributed by atoms with van der Waals surface area (Å²) in [6.07, 6.45) is 9.40. The number of methoxy groups -OCH3 is 1. The molecule has 4 aromatic rings. The molecular formula is C24H25N5O3. The van der Waals surface area contributed by atoms with Gasteiger partial charge in [0.05, 0.1) is 31.0 Å². The minimum absolute atomic E-state index is 0.146. The minimum Gasteiger partial charge on any atom is -0.494 e. The molecule has 0 bridgehead atoms. The van der Waals surface area contributed by atoms with Crippen molar-refractivity contribution in [2.24, 2.45) is 0 Å². The first kappa shape index (κ1) is 20.4. The first-order chi connectivity index (χ1) is 15.6. The van der Waals surface area contributed by atoms with Crippen LogP contribution in [0, 0.1) is 6.92 Å².